The molecule has 1 heterocycles. The van der Waals surface area contributed by atoms with Crippen LogP contribution in [0.15, 0.2) is 24.3 Å². The molecule has 0 atom stereocenters. The second-order valence-electron chi connectivity index (χ2n) is 6.96. The Labute approximate surface area is 130 Å². The number of anilines is 1. The standard InChI is InChI=1S/C19H30N2/c1-17-7-9-19(10-8-17)21-15-13-20(14-16-21)12-11-18-5-3-2-4-6-18/h7-10,18H,2-6,11-16H2,1H3. The summed E-state index contributed by atoms with van der Waals surface area (Å²) in [6.45, 7) is 8.34. The highest BCUT2D eigenvalue weighted by Crippen LogP contribution is 2.26. The summed E-state index contributed by atoms with van der Waals surface area (Å²) in [4.78, 5) is 5.22. The summed E-state index contributed by atoms with van der Waals surface area (Å²) in [5.41, 5.74) is 2.75. The van der Waals surface area contributed by atoms with Crippen LogP contribution in [-0.4, -0.2) is 37.6 Å². The van der Waals surface area contributed by atoms with Gasteiger partial charge in [-0.25, -0.2) is 0 Å². The first kappa shape index (κ1) is 14.9. The Hall–Kier alpha value is -1.02. The first-order valence-corrected chi connectivity index (χ1v) is 8.85. The number of piperazine rings is 1. The van der Waals surface area contributed by atoms with Gasteiger partial charge in [0, 0.05) is 31.9 Å². The van der Waals surface area contributed by atoms with Crippen molar-refractivity contribution in [1.82, 2.24) is 4.90 Å². The lowest BCUT2D eigenvalue weighted by Crippen LogP contribution is -2.46. The van der Waals surface area contributed by atoms with Crippen LogP contribution in [0.3, 0.4) is 0 Å². The van der Waals surface area contributed by atoms with Crippen LogP contribution in [-0.2, 0) is 0 Å². The highest BCUT2D eigenvalue weighted by atomic mass is 15.3. The lowest BCUT2D eigenvalue weighted by atomic mass is 9.87. The molecule has 1 saturated heterocycles. The van der Waals surface area contributed by atoms with E-state index in [-0.39, 0.29) is 0 Å². The summed E-state index contributed by atoms with van der Waals surface area (Å²) in [5, 5.41) is 0. The number of hydrogen-bond donors (Lipinski definition) is 0. The molecule has 1 aliphatic carbocycles. The van der Waals surface area contributed by atoms with E-state index in [1.165, 1.54) is 82.5 Å². The van der Waals surface area contributed by atoms with E-state index in [1.54, 1.807) is 0 Å². The molecule has 1 aliphatic heterocycles. The van der Waals surface area contributed by atoms with Crippen LogP contribution < -0.4 is 4.90 Å². The van der Waals surface area contributed by atoms with E-state index in [4.69, 9.17) is 0 Å². The Bertz CT molecular complexity index is 412. The quantitative estimate of drug-likeness (QED) is 0.822. The maximum absolute atomic E-state index is 2.68. The molecule has 116 valence electrons. The van der Waals surface area contributed by atoms with E-state index in [0.29, 0.717) is 0 Å². The summed E-state index contributed by atoms with van der Waals surface area (Å²) in [5.74, 6) is 1.02. The van der Waals surface area contributed by atoms with E-state index in [9.17, 15) is 0 Å². The molecule has 21 heavy (non-hydrogen) atoms. The zero-order valence-electron chi connectivity index (χ0n) is 13.6. The van der Waals surface area contributed by atoms with E-state index < -0.39 is 0 Å². The predicted molar refractivity (Wildman–Crippen MR) is 91.0 cm³/mol. The summed E-state index contributed by atoms with van der Waals surface area (Å²) in [6, 6.07) is 9.00. The Morgan fingerprint density at radius 1 is 0.905 bits per heavy atom. The van der Waals surface area contributed by atoms with Gasteiger partial charge in [-0.3, -0.25) is 4.90 Å². The number of benzene rings is 1. The minimum atomic E-state index is 1.02. The van der Waals surface area contributed by atoms with Crippen molar-refractivity contribution in [3.8, 4) is 0 Å². The van der Waals surface area contributed by atoms with Gasteiger partial charge in [0.1, 0.15) is 0 Å². The van der Waals surface area contributed by atoms with Crippen LogP contribution in [0, 0.1) is 12.8 Å². The number of hydrogen-bond acceptors (Lipinski definition) is 2. The SMILES string of the molecule is Cc1ccc(N2CCN(CCC3CCCCC3)CC2)cc1. The van der Waals surface area contributed by atoms with Gasteiger partial charge in [-0.05, 0) is 37.9 Å². The largest absolute Gasteiger partial charge is 0.369 e. The molecule has 0 unspecified atom stereocenters. The monoisotopic (exact) mass is 286 g/mol. The molecule has 0 amide bonds. The van der Waals surface area contributed by atoms with Gasteiger partial charge in [0.2, 0.25) is 0 Å². The minimum Gasteiger partial charge on any atom is -0.369 e. The summed E-state index contributed by atoms with van der Waals surface area (Å²) in [6.07, 6.45) is 8.85. The second kappa shape index (κ2) is 7.31. The van der Waals surface area contributed by atoms with Crippen LogP contribution in [0.1, 0.15) is 44.1 Å². The molecule has 2 heteroatoms. The van der Waals surface area contributed by atoms with Crippen LogP contribution in [0.25, 0.3) is 0 Å². The average Bonchev–Trinajstić information content (AvgIpc) is 2.55. The van der Waals surface area contributed by atoms with E-state index in [2.05, 4.69) is 41.0 Å². The molecule has 2 aliphatic rings. The van der Waals surface area contributed by atoms with Gasteiger partial charge >= 0.3 is 0 Å². The topological polar surface area (TPSA) is 6.48 Å². The lowest BCUT2D eigenvalue weighted by molar-refractivity contribution is 0.221. The third-order valence-electron chi connectivity index (χ3n) is 5.35. The van der Waals surface area contributed by atoms with Gasteiger partial charge in [0.05, 0.1) is 0 Å². The smallest absolute Gasteiger partial charge is 0.0367 e. The van der Waals surface area contributed by atoms with Crippen LogP contribution in [0.2, 0.25) is 0 Å². The van der Waals surface area contributed by atoms with Crippen molar-refractivity contribution >= 4 is 5.69 Å². The molecule has 0 radical (unpaired) electrons. The Kier molecular flexibility index (Phi) is 5.18. The fourth-order valence-corrected chi connectivity index (χ4v) is 3.83. The molecule has 1 aromatic carbocycles. The normalized spacial score (nSPS) is 21.7. The van der Waals surface area contributed by atoms with E-state index in [0.717, 1.165) is 5.92 Å². The van der Waals surface area contributed by atoms with Crippen LogP contribution in [0.4, 0.5) is 5.69 Å². The molecule has 3 rings (SSSR count). The zero-order valence-corrected chi connectivity index (χ0v) is 13.6. The number of rotatable bonds is 4. The van der Waals surface area contributed by atoms with Gasteiger partial charge in [-0.2, -0.15) is 0 Å². The van der Waals surface area contributed by atoms with Crippen molar-refractivity contribution in [2.75, 3.05) is 37.6 Å². The van der Waals surface area contributed by atoms with Gasteiger partial charge in [-0.15, -0.1) is 0 Å². The maximum Gasteiger partial charge on any atom is 0.0367 e. The first-order chi connectivity index (χ1) is 10.3. The number of aryl methyl sites for hydroxylation is 1. The molecular weight excluding hydrogens is 256 g/mol. The maximum atomic E-state index is 2.68. The van der Waals surface area contributed by atoms with Gasteiger partial charge < -0.3 is 4.90 Å². The highest BCUT2D eigenvalue weighted by molar-refractivity contribution is 5.47. The fraction of sp³-hybridized carbons (Fsp3) is 0.684. The minimum absolute atomic E-state index is 1.02. The fourth-order valence-electron chi connectivity index (χ4n) is 3.83. The van der Waals surface area contributed by atoms with E-state index >= 15 is 0 Å². The van der Waals surface area contributed by atoms with Crippen molar-refractivity contribution in [3.05, 3.63) is 29.8 Å². The lowest BCUT2D eigenvalue weighted by Gasteiger charge is -2.37. The molecule has 0 aromatic heterocycles. The number of nitrogens with zero attached hydrogens (tertiary/aromatic N) is 2. The summed E-state index contributed by atoms with van der Waals surface area (Å²) in [7, 11) is 0. The predicted octanol–water partition coefficient (Wildman–Crippen LogP) is 4.09. The van der Waals surface area contributed by atoms with Gasteiger partial charge in [0.25, 0.3) is 0 Å². The summed E-state index contributed by atoms with van der Waals surface area (Å²) >= 11 is 0. The van der Waals surface area contributed by atoms with Crippen LogP contribution >= 0.6 is 0 Å². The molecule has 1 saturated carbocycles. The average molecular weight is 286 g/mol. The Morgan fingerprint density at radius 3 is 2.24 bits per heavy atom. The van der Waals surface area contributed by atoms with Crippen molar-refractivity contribution in [1.29, 1.82) is 0 Å². The van der Waals surface area contributed by atoms with Crippen molar-refractivity contribution < 1.29 is 0 Å². The van der Waals surface area contributed by atoms with Crippen LogP contribution in [0.5, 0.6) is 0 Å². The van der Waals surface area contributed by atoms with Gasteiger partial charge in [-0.1, -0.05) is 49.8 Å². The van der Waals surface area contributed by atoms with Crippen molar-refractivity contribution in [2.24, 2.45) is 5.92 Å². The zero-order chi connectivity index (χ0) is 14.5. The molecule has 1 aromatic rings. The molecule has 2 fully saturated rings. The third kappa shape index (κ3) is 4.23. The Balaban J connectivity index is 1.41. The molecule has 0 bridgehead atoms. The Morgan fingerprint density at radius 2 is 1.57 bits per heavy atom. The highest BCUT2D eigenvalue weighted by Gasteiger charge is 2.19. The van der Waals surface area contributed by atoms with Crippen molar-refractivity contribution in [2.45, 2.75) is 45.4 Å². The van der Waals surface area contributed by atoms with Gasteiger partial charge in [0.15, 0.2) is 0 Å². The van der Waals surface area contributed by atoms with Crippen molar-refractivity contribution in [3.63, 3.8) is 0 Å². The molecule has 0 N–H and O–H groups in total. The second-order valence-corrected chi connectivity index (χ2v) is 6.96. The molecule has 0 spiro atoms. The first-order valence-electron chi connectivity index (χ1n) is 8.85. The molecular formula is C19H30N2. The third-order valence-corrected chi connectivity index (χ3v) is 5.35. The molecule has 2 nitrogen and oxygen atoms in total. The van der Waals surface area contributed by atoms with E-state index in [1.807, 2.05) is 0 Å². The summed E-state index contributed by atoms with van der Waals surface area (Å²) < 4.78 is 0.